The van der Waals surface area contributed by atoms with Crippen molar-refractivity contribution in [2.45, 2.75) is 58.5 Å². The number of hydrogen-bond donors (Lipinski definition) is 2. The van der Waals surface area contributed by atoms with E-state index in [0.717, 1.165) is 25.9 Å². The molecule has 0 spiro atoms. The van der Waals surface area contributed by atoms with Crippen molar-refractivity contribution in [3.63, 3.8) is 0 Å². The van der Waals surface area contributed by atoms with E-state index in [2.05, 4.69) is 15.2 Å². The van der Waals surface area contributed by atoms with E-state index in [0.29, 0.717) is 19.0 Å². The Morgan fingerprint density at radius 3 is 2.45 bits per heavy atom. The lowest BCUT2D eigenvalue weighted by Crippen LogP contribution is -2.40. The van der Waals surface area contributed by atoms with Crippen molar-refractivity contribution < 1.29 is 9.53 Å². The molecule has 1 aliphatic heterocycles. The molecule has 0 radical (unpaired) electrons. The molecule has 1 rings (SSSR count). The van der Waals surface area contributed by atoms with Crippen molar-refractivity contribution in [1.29, 1.82) is 0 Å². The van der Waals surface area contributed by atoms with Gasteiger partial charge in [0.15, 0.2) is 5.96 Å². The maximum Gasteiger partial charge on any atom is 0.407 e. The van der Waals surface area contributed by atoms with Gasteiger partial charge in [0.25, 0.3) is 0 Å². The van der Waals surface area contributed by atoms with Crippen LogP contribution in [0, 0.1) is 0 Å². The van der Waals surface area contributed by atoms with Crippen LogP contribution >= 0.6 is 24.0 Å². The first-order valence-corrected chi connectivity index (χ1v) is 7.90. The number of carbonyl (C=O) groups is 1. The van der Waals surface area contributed by atoms with Gasteiger partial charge in [-0.3, -0.25) is 4.99 Å². The van der Waals surface area contributed by atoms with Crippen molar-refractivity contribution in [2.75, 3.05) is 26.2 Å². The number of unbranched alkanes of at least 4 members (excludes halogenated alkanes) is 1. The Morgan fingerprint density at radius 1 is 1.23 bits per heavy atom. The highest BCUT2D eigenvalue weighted by Gasteiger charge is 2.15. The third-order valence-electron chi connectivity index (χ3n) is 3.21. The smallest absolute Gasteiger partial charge is 0.407 e. The number of ether oxygens (including phenoxy) is 1. The second kappa shape index (κ2) is 10.9. The molecule has 1 amide bonds. The average Bonchev–Trinajstić information content (AvgIpc) is 2.41. The molecule has 6 nitrogen and oxygen atoms in total. The number of nitrogens with one attached hydrogen (secondary N) is 1. The molecular formula is C15H31IN4O2. The summed E-state index contributed by atoms with van der Waals surface area (Å²) < 4.78 is 5.16. The number of likely N-dealkylation sites (tertiary alicyclic amines) is 1. The first-order valence-electron chi connectivity index (χ1n) is 7.90. The summed E-state index contributed by atoms with van der Waals surface area (Å²) in [5, 5.41) is 2.74. The van der Waals surface area contributed by atoms with Crippen molar-refractivity contribution in [3.8, 4) is 0 Å². The summed E-state index contributed by atoms with van der Waals surface area (Å²) in [5.74, 6) is 0.662. The van der Waals surface area contributed by atoms with E-state index >= 15 is 0 Å². The fourth-order valence-electron chi connectivity index (χ4n) is 2.16. The van der Waals surface area contributed by atoms with Crippen LogP contribution in [0.4, 0.5) is 4.79 Å². The molecule has 1 aliphatic rings. The van der Waals surface area contributed by atoms with Gasteiger partial charge >= 0.3 is 6.09 Å². The molecule has 0 bridgehead atoms. The molecule has 3 N–H and O–H groups in total. The predicted octanol–water partition coefficient (Wildman–Crippen LogP) is 2.71. The number of hydrogen-bond acceptors (Lipinski definition) is 3. The van der Waals surface area contributed by atoms with E-state index in [1.54, 1.807) is 0 Å². The molecule has 0 saturated carbocycles. The van der Waals surface area contributed by atoms with E-state index in [-0.39, 0.29) is 30.1 Å². The van der Waals surface area contributed by atoms with Crippen LogP contribution in [0.3, 0.4) is 0 Å². The zero-order valence-electron chi connectivity index (χ0n) is 14.1. The molecule has 1 heterocycles. The van der Waals surface area contributed by atoms with Crippen LogP contribution in [0.15, 0.2) is 4.99 Å². The van der Waals surface area contributed by atoms with Crippen LogP contribution in [0.1, 0.15) is 52.9 Å². The van der Waals surface area contributed by atoms with E-state index in [4.69, 9.17) is 10.5 Å². The number of rotatable bonds is 5. The van der Waals surface area contributed by atoms with Gasteiger partial charge in [0, 0.05) is 26.2 Å². The number of aliphatic imine (C=N–C) groups is 1. The highest BCUT2D eigenvalue weighted by Crippen LogP contribution is 2.08. The van der Waals surface area contributed by atoms with Gasteiger partial charge < -0.3 is 20.7 Å². The van der Waals surface area contributed by atoms with Crippen LogP contribution in [-0.4, -0.2) is 48.7 Å². The zero-order chi connectivity index (χ0) is 15.7. The van der Waals surface area contributed by atoms with E-state index in [1.807, 2.05) is 20.8 Å². The van der Waals surface area contributed by atoms with Crippen LogP contribution in [0.2, 0.25) is 0 Å². The SMILES string of the molecule is CC(C)(C)OC(=O)NCCCCN=C(N)N1CCCCC1.I. The molecule has 0 aromatic rings. The Labute approximate surface area is 151 Å². The van der Waals surface area contributed by atoms with E-state index in [1.165, 1.54) is 19.3 Å². The number of guanidine groups is 1. The number of amides is 1. The Hall–Kier alpha value is -0.730. The van der Waals surface area contributed by atoms with Crippen molar-refractivity contribution in [3.05, 3.63) is 0 Å². The number of piperidine rings is 1. The van der Waals surface area contributed by atoms with Crippen molar-refractivity contribution in [1.82, 2.24) is 10.2 Å². The van der Waals surface area contributed by atoms with Crippen molar-refractivity contribution in [2.24, 2.45) is 10.7 Å². The summed E-state index contributed by atoms with van der Waals surface area (Å²) in [7, 11) is 0. The fraction of sp³-hybridized carbons (Fsp3) is 0.867. The summed E-state index contributed by atoms with van der Waals surface area (Å²) in [6.07, 6.45) is 5.12. The molecular weight excluding hydrogens is 395 g/mol. The third kappa shape index (κ3) is 10.1. The highest BCUT2D eigenvalue weighted by atomic mass is 127. The van der Waals surface area contributed by atoms with Gasteiger partial charge in [-0.15, -0.1) is 24.0 Å². The normalized spacial score (nSPS) is 16.0. The zero-order valence-corrected chi connectivity index (χ0v) is 16.4. The minimum atomic E-state index is -0.447. The fourth-order valence-corrected chi connectivity index (χ4v) is 2.16. The molecule has 0 unspecified atom stereocenters. The molecule has 22 heavy (non-hydrogen) atoms. The topological polar surface area (TPSA) is 79.9 Å². The number of alkyl carbamates (subject to hydrolysis) is 1. The maximum absolute atomic E-state index is 11.4. The Morgan fingerprint density at radius 2 is 1.86 bits per heavy atom. The van der Waals surface area contributed by atoms with Crippen molar-refractivity contribution >= 4 is 36.0 Å². The minimum Gasteiger partial charge on any atom is -0.444 e. The van der Waals surface area contributed by atoms with Gasteiger partial charge in [-0.2, -0.15) is 0 Å². The average molecular weight is 426 g/mol. The largest absolute Gasteiger partial charge is 0.444 e. The number of nitrogens with zero attached hydrogens (tertiary/aromatic N) is 2. The lowest BCUT2D eigenvalue weighted by Gasteiger charge is -2.27. The summed E-state index contributed by atoms with van der Waals surface area (Å²) in [6, 6.07) is 0. The second-order valence-electron chi connectivity index (χ2n) is 6.42. The van der Waals surface area contributed by atoms with Gasteiger partial charge in [-0.05, 0) is 52.9 Å². The molecule has 130 valence electrons. The summed E-state index contributed by atoms with van der Waals surface area (Å²) in [6.45, 7) is 8.91. The number of nitrogens with two attached hydrogens (primary N) is 1. The highest BCUT2D eigenvalue weighted by molar-refractivity contribution is 14.0. The summed E-state index contributed by atoms with van der Waals surface area (Å²) >= 11 is 0. The minimum absolute atomic E-state index is 0. The Bertz CT molecular complexity index is 350. The Kier molecular flexibility index (Phi) is 10.5. The van der Waals surface area contributed by atoms with Gasteiger partial charge in [0.2, 0.25) is 0 Å². The van der Waals surface area contributed by atoms with Gasteiger partial charge in [-0.25, -0.2) is 4.79 Å². The maximum atomic E-state index is 11.4. The van der Waals surface area contributed by atoms with Gasteiger partial charge in [-0.1, -0.05) is 0 Å². The van der Waals surface area contributed by atoms with Crippen LogP contribution in [0.25, 0.3) is 0 Å². The number of halogens is 1. The molecule has 1 saturated heterocycles. The molecule has 0 atom stereocenters. The monoisotopic (exact) mass is 426 g/mol. The van der Waals surface area contributed by atoms with Crippen LogP contribution < -0.4 is 11.1 Å². The van der Waals surface area contributed by atoms with Crippen LogP contribution in [0.5, 0.6) is 0 Å². The quantitative estimate of drug-likeness (QED) is 0.307. The molecule has 7 heteroatoms. The summed E-state index contributed by atoms with van der Waals surface area (Å²) in [4.78, 5) is 18.0. The van der Waals surface area contributed by atoms with Gasteiger partial charge in [0.05, 0.1) is 0 Å². The predicted molar refractivity (Wildman–Crippen MR) is 101 cm³/mol. The molecule has 0 aromatic carbocycles. The standard InChI is InChI=1S/C15H30N4O2.HI/c1-15(2,3)21-14(20)18-10-6-5-9-17-13(16)19-11-7-4-8-12-19;/h4-12H2,1-3H3,(H2,16,17)(H,18,20);1H. The first kappa shape index (κ1) is 21.3. The van der Waals surface area contributed by atoms with Crippen LogP contribution in [-0.2, 0) is 4.74 Å². The second-order valence-corrected chi connectivity index (χ2v) is 6.42. The van der Waals surface area contributed by atoms with Gasteiger partial charge in [0.1, 0.15) is 5.60 Å². The Balaban J connectivity index is 0.00000441. The van der Waals surface area contributed by atoms with E-state index in [9.17, 15) is 4.79 Å². The number of carbonyl (C=O) groups excluding carboxylic acids is 1. The first-order chi connectivity index (χ1) is 9.88. The molecule has 0 aromatic heterocycles. The lowest BCUT2D eigenvalue weighted by atomic mass is 10.1. The van der Waals surface area contributed by atoms with E-state index < -0.39 is 5.60 Å². The lowest BCUT2D eigenvalue weighted by molar-refractivity contribution is 0.0527. The molecule has 1 fully saturated rings. The summed E-state index contributed by atoms with van der Waals surface area (Å²) in [5.41, 5.74) is 5.52. The third-order valence-corrected chi connectivity index (χ3v) is 3.21. The molecule has 0 aliphatic carbocycles.